The number of hydrogen-bond acceptors (Lipinski definition) is 2. The molecule has 0 atom stereocenters. The van der Waals surface area contributed by atoms with E-state index >= 15 is 0 Å². The molecule has 0 N–H and O–H groups in total. The summed E-state index contributed by atoms with van der Waals surface area (Å²) in [5.74, 6) is 6.66. The van der Waals surface area contributed by atoms with Gasteiger partial charge in [0, 0.05) is 29.8 Å². The van der Waals surface area contributed by atoms with Crippen molar-refractivity contribution < 1.29 is 0 Å². The van der Waals surface area contributed by atoms with Crippen molar-refractivity contribution in [3.63, 3.8) is 0 Å². The van der Waals surface area contributed by atoms with Crippen LogP contribution in [0.5, 0.6) is 0 Å². The predicted molar refractivity (Wildman–Crippen MR) is 81.4 cm³/mol. The molecule has 0 aliphatic carbocycles. The maximum Gasteiger partial charge on any atom is 0.0600 e. The summed E-state index contributed by atoms with van der Waals surface area (Å²) in [6.45, 7) is 12.0. The summed E-state index contributed by atoms with van der Waals surface area (Å²) >= 11 is 0. The first-order valence-corrected chi connectivity index (χ1v) is 7.15. The van der Waals surface area contributed by atoms with E-state index in [9.17, 15) is 0 Å². The Hall–Kier alpha value is -1.49. The zero-order valence-corrected chi connectivity index (χ0v) is 12.7. The second kappa shape index (κ2) is 5.25. The molecule has 0 saturated carbocycles. The molecule has 19 heavy (non-hydrogen) atoms. The molecule has 0 bridgehead atoms. The predicted octanol–water partition coefficient (Wildman–Crippen LogP) is 3.64. The number of nitrogens with zero attached hydrogens (tertiary/aromatic N) is 2. The lowest BCUT2D eigenvalue weighted by atomic mass is 9.94. The zero-order valence-electron chi connectivity index (χ0n) is 12.7. The number of fused-ring (bicyclic) bond motifs is 1. The second-order valence-corrected chi connectivity index (χ2v) is 6.58. The van der Waals surface area contributed by atoms with Crippen molar-refractivity contribution in [1.82, 2.24) is 4.98 Å². The highest BCUT2D eigenvalue weighted by molar-refractivity contribution is 5.60. The smallest absolute Gasteiger partial charge is 0.0600 e. The summed E-state index contributed by atoms with van der Waals surface area (Å²) in [5.41, 5.74) is 3.81. The standard InChI is InChI=1S/C17H24N2/c1-13(2)19-10-6-7-15-14(8-9-17(3,4)5)11-18-12-16(15)19/h11-13H,6-7,10H2,1-5H3. The van der Waals surface area contributed by atoms with Crippen LogP contribution in [-0.4, -0.2) is 17.6 Å². The maximum absolute atomic E-state index is 4.39. The van der Waals surface area contributed by atoms with E-state index in [4.69, 9.17) is 0 Å². The molecule has 2 nitrogen and oxygen atoms in total. The van der Waals surface area contributed by atoms with Crippen molar-refractivity contribution in [2.24, 2.45) is 5.41 Å². The van der Waals surface area contributed by atoms with Crippen molar-refractivity contribution in [3.8, 4) is 11.8 Å². The fourth-order valence-electron chi connectivity index (χ4n) is 2.43. The minimum absolute atomic E-state index is 0.0368. The van der Waals surface area contributed by atoms with Crippen molar-refractivity contribution in [3.05, 3.63) is 23.5 Å². The van der Waals surface area contributed by atoms with Crippen LogP contribution in [0, 0.1) is 17.3 Å². The molecule has 0 unspecified atom stereocenters. The fraction of sp³-hybridized carbons (Fsp3) is 0.588. The average Bonchev–Trinajstić information content (AvgIpc) is 2.34. The lowest BCUT2D eigenvalue weighted by Gasteiger charge is -2.34. The Balaban J connectivity index is 2.43. The normalized spacial score (nSPS) is 14.9. The van der Waals surface area contributed by atoms with Crippen molar-refractivity contribution in [2.75, 3.05) is 11.4 Å². The zero-order chi connectivity index (χ0) is 14.0. The summed E-state index contributed by atoms with van der Waals surface area (Å²) in [6, 6.07) is 0.520. The van der Waals surface area contributed by atoms with E-state index in [1.54, 1.807) is 0 Å². The minimum Gasteiger partial charge on any atom is -0.368 e. The Kier molecular flexibility index (Phi) is 3.85. The highest BCUT2D eigenvalue weighted by Gasteiger charge is 2.21. The first-order valence-electron chi connectivity index (χ1n) is 7.15. The van der Waals surface area contributed by atoms with Gasteiger partial charge in [0.1, 0.15) is 0 Å². The van der Waals surface area contributed by atoms with Crippen molar-refractivity contribution in [1.29, 1.82) is 0 Å². The topological polar surface area (TPSA) is 16.1 Å². The van der Waals surface area contributed by atoms with Crippen LogP contribution < -0.4 is 4.90 Å². The molecule has 2 heteroatoms. The highest BCUT2D eigenvalue weighted by atomic mass is 15.2. The Morgan fingerprint density at radius 2 is 2.00 bits per heavy atom. The SMILES string of the molecule is CC(C)N1CCCc2c(C#CC(C)(C)C)cncc21. The maximum atomic E-state index is 4.39. The van der Waals surface area contributed by atoms with Crippen LogP contribution in [0.3, 0.4) is 0 Å². The van der Waals surface area contributed by atoms with E-state index in [0.29, 0.717) is 6.04 Å². The Morgan fingerprint density at radius 3 is 2.63 bits per heavy atom. The number of aromatic nitrogens is 1. The van der Waals surface area contributed by atoms with Gasteiger partial charge >= 0.3 is 0 Å². The van der Waals surface area contributed by atoms with Gasteiger partial charge in [-0.2, -0.15) is 0 Å². The lowest BCUT2D eigenvalue weighted by Crippen LogP contribution is -2.35. The van der Waals surface area contributed by atoms with Crippen LogP contribution in [0.1, 0.15) is 52.2 Å². The molecule has 1 aliphatic heterocycles. The van der Waals surface area contributed by atoms with Gasteiger partial charge in [0.15, 0.2) is 0 Å². The van der Waals surface area contributed by atoms with E-state index in [2.05, 4.69) is 56.3 Å². The number of hydrogen-bond donors (Lipinski definition) is 0. The van der Waals surface area contributed by atoms with Crippen LogP contribution in [0.4, 0.5) is 5.69 Å². The third-order valence-electron chi connectivity index (χ3n) is 3.37. The fourth-order valence-corrected chi connectivity index (χ4v) is 2.43. The van der Waals surface area contributed by atoms with Crippen LogP contribution in [0.15, 0.2) is 12.4 Å². The van der Waals surface area contributed by atoms with Crippen molar-refractivity contribution in [2.45, 2.75) is 53.5 Å². The molecular weight excluding hydrogens is 232 g/mol. The molecule has 0 spiro atoms. The molecule has 1 aromatic heterocycles. The van der Waals surface area contributed by atoms with E-state index in [-0.39, 0.29) is 5.41 Å². The number of anilines is 1. The van der Waals surface area contributed by atoms with Crippen molar-refractivity contribution >= 4 is 5.69 Å². The molecule has 1 aromatic rings. The van der Waals surface area contributed by atoms with Gasteiger partial charge in [0.05, 0.1) is 11.9 Å². The molecular formula is C17H24N2. The third kappa shape index (κ3) is 3.29. The van der Waals surface area contributed by atoms with Gasteiger partial charge in [-0.1, -0.05) is 11.8 Å². The van der Waals surface area contributed by atoms with E-state index < -0.39 is 0 Å². The number of rotatable bonds is 1. The highest BCUT2D eigenvalue weighted by Crippen LogP contribution is 2.30. The van der Waals surface area contributed by atoms with Crippen LogP contribution in [-0.2, 0) is 6.42 Å². The van der Waals surface area contributed by atoms with E-state index in [1.807, 2.05) is 12.4 Å². The summed E-state index contributed by atoms with van der Waals surface area (Å²) in [5, 5.41) is 0. The van der Waals surface area contributed by atoms with Gasteiger partial charge in [-0.25, -0.2) is 0 Å². The Bertz CT molecular complexity index is 512. The van der Waals surface area contributed by atoms with Gasteiger partial charge < -0.3 is 4.90 Å². The van der Waals surface area contributed by atoms with Gasteiger partial charge in [-0.15, -0.1) is 0 Å². The lowest BCUT2D eigenvalue weighted by molar-refractivity contribution is 0.571. The molecule has 1 aliphatic rings. The van der Waals surface area contributed by atoms with Gasteiger partial charge in [-0.05, 0) is 53.0 Å². The van der Waals surface area contributed by atoms with Gasteiger partial charge in [0.25, 0.3) is 0 Å². The van der Waals surface area contributed by atoms with Gasteiger partial charge in [-0.3, -0.25) is 4.98 Å². The molecule has 2 rings (SSSR count). The minimum atomic E-state index is 0.0368. The van der Waals surface area contributed by atoms with E-state index in [0.717, 1.165) is 18.5 Å². The molecule has 102 valence electrons. The largest absolute Gasteiger partial charge is 0.368 e. The molecule has 2 heterocycles. The second-order valence-electron chi connectivity index (χ2n) is 6.58. The van der Waals surface area contributed by atoms with Crippen LogP contribution in [0.2, 0.25) is 0 Å². The first kappa shape index (κ1) is 13.9. The Morgan fingerprint density at radius 1 is 1.26 bits per heavy atom. The quantitative estimate of drug-likeness (QED) is 0.713. The van der Waals surface area contributed by atoms with E-state index in [1.165, 1.54) is 17.7 Å². The van der Waals surface area contributed by atoms with Gasteiger partial charge in [0.2, 0.25) is 0 Å². The molecule has 0 fully saturated rings. The van der Waals surface area contributed by atoms with Crippen LogP contribution >= 0.6 is 0 Å². The average molecular weight is 256 g/mol. The first-order chi connectivity index (χ1) is 8.88. The molecule has 0 saturated heterocycles. The number of pyridine rings is 1. The summed E-state index contributed by atoms with van der Waals surface area (Å²) in [7, 11) is 0. The molecule has 0 amide bonds. The summed E-state index contributed by atoms with van der Waals surface area (Å²) in [6.07, 6.45) is 6.24. The monoisotopic (exact) mass is 256 g/mol. The summed E-state index contributed by atoms with van der Waals surface area (Å²) in [4.78, 5) is 6.83. The molecule has 0 aromatic carbocycles. The molecule has 0 radical (unpaired) electrons. The third-order valence-corrected chi connectivity index (χ3v) is 3.37. The Labute approximate surface area is 117 Å². The van der Waals surface area contributed by atoms with Crippen LogP contribution in [0.25, 0.3) is 0 Å². The summed E-state index contributed by atoms with van der Waals surface area (Å²) < 4.78 is 0.